The highest BCUT2D eigenvalue weighted by Gasteiger charge is 2.10. The summed E-state index contributed by atoms with van der Waals surface area (Å²) in [6.45, 7) is 3.64. The van der Waals surface area contributed by atoms with Gasteiger partial charge in [-0.3, -0.25) is 4.90 Å². The van der Waals surface area contributed by atoms with Gasteiger partial charge < -0.3 is 10.2 Å². The molecule has 4 heteroatoms. The third-order valence-electron chi connectivity index (χ3n) is 2.99. The number of aryl methyl sites for hydroxylation is 1. The van der Waals surface area contributed by atoms with Crippen molar-refractivity contribution in [3.8, 4) is 0 Å². The van der Waals surface area contributed by atoms with Gasteiger partial charge in [0, 0.05) is 34.4 Å². The van der Waals surface area contributed by atoms with E-state index >= 15 is 0 Å². The Morgan fingerprint density at radius 2 is 2.06 bits per heavy atom. The van der Waals surface area contributed by atoms with Crippen LogP contribution in [0.5, 0.6) is 0 Å². The number of hydrogen-bond donors (Lipinski definition) is 1. The standard InChI is InChI=1S/C14H17BrN2O/c1-10-11(6-7-18-10)8-17(2)9-12-13(15)4-3-5-14(12)16/h3-7H,8-9,16H2,1-2H3. The highest BCUT2D eigenvalue weighted by atomic mass is 79.9. The number of anilines is 1. The average molecular weight is 309 g/mol. The van der Waals surface area contributed by atoms with Crippen LogP contribution in [0.4, 0.5) is 5.69 Å². The Bertz CT molecular complexity index is 516. The van der Waals surface area contributed by atoms with E-state index in [4.69, 9.17) is 10.2 Å². The van der Waals surface area contributed by atoms with Crippen molar-refractivity contribution in [1.82, 2.24) is 4.90 Å². The van der Waals surface area contributed by atoms with E-state index in [0.29, 0.717) is 0 Å². The molecule has 2 rings (SSSR count). The first-order valence-corrected chi connectivity index (χ1v) is 6.61. The van der Waals surface area contributed by atoms with Crippen molar-refractivity contribution in [2.24, 2.45) is 0 Å². The van der Waals surface area contributed by atoms with Gasteiger partial charge in [-0.05, 0) is 32.2 Å². The molecule has 0 atom stereocenters. The summed E-state index contributed by atoms with van der Waals surface area (Å²) in [6, 6.07) is 7.90. The molecule has 0 aliphatic rings. The second kappa shape index (κ2) is 5.59. The van der Waals surface area contributed by atoms with Crippen molar-refractivity contribution in [1.29, 1.82) is 0 Å². The molecule has 3 nitrogen and oxygen atoms in total. The Hall–Kier alpha value is -1.26. The molecule has 1 heterocycles. The first-order valence-electron chi connectivity index (χ1n) is 5.82. The number of furan rings is 1. The van der Waals surface area contributed by atoms with Crippen LogP contribution in [-0.2, 0) is 13.1 Å². The minimum atomic E-state index is 0.803. The molecule has 0 saturated carbocycles. The molecule has 0 spiro atoms. The summed E-state index contributed by atoms with van der Waals surface area (Å²) >= 11 is 3.54. The Morgan fingerprint density at radius 1 is 1.28 bits per heavy atom. The molecule has 1 aromatic heterocycles. The normalized spacial score (nSPS) is 11.1. The first kappa shape index (κ1) is 13.2. The maximum atomic E-state index is 6.00. The summed E-state index contributed by atoms with van der Waals surface area (Å²) in [5, 5.41) is 0. The Labute approximate surface area is 116 Å². The molecular formula is C14H17BrN2O. The van der Waals surface area contributed by atoms with Crippen LogP contribution in [-0.4, -0.2) is 11.9 Å². The zero-order valence-corrected chi connectivity index (χ0v) is 12.2. The van der Waals surface area contributed by atoms with Crippen LogP contribution in [0.2, 0.25) is 0 Å². The quantitative estimate of drug-likeness (QED) is 0.878. The molecule has 96 valence electrons. The van der Waals surface area contributed by atoms with Crippen LogP contribution < -0.4 is 5.73 Å². The van der Waals surface area contributed by atoms with Gasteiger partial charge in [-0.25, -0.2) is 0 Å². The van der Waals surface area contributed by atoms with Crippen molar-refractivity contribution < 1.29 is 4.42 Å². The van der Waals surface area contributed by atoms with Gasteiger partial charge in [0.05, 0.1) is 6.26 Å². The van der Waals surface area contributed by atoms with Crippen molar-refractivity contribution >= 4 is 21.6 Å². The highest BCUT2D eigenvalue weighted by Crippen LogP contribution is 2.24. The van der Waals surface area contributed by atoms with Crippen molar-refractivity contribution in [2.45, 2.75) is 20.0 Å². The average Bonchev–Trinajstić information content (AvgIpc) is 2.70. The van der Waals surface area contributed by atoms with Gasteiger partial charge in [-0.2, -0.15) is 0 Å². The van der Waals surface area contributed by atoms with Gasteiger partial charge in [0.15, 0.2) is 0 Å². The predicted octanol–water partition coefficient (Wildman–Crippen LogP) is 3.56. The van der Waals surface area contributed by atoms with Crippen molar-refractivity contribution in [3.63, 3.8) is 0 Å². The third-order valence-corrected chi connectivity index (χ3v) is 3.73. The topological polar surface area (TPSA) is 42.4 Å². The molecule has 18 heavy (non-hydrogen) atoms. The molecule has 0 unspecified atom stereocenters. The predicted molar refractivity (Wildman–Crippen MR) is 77.2 cm³/mol. The van der Waals surface area contributed by atoms with Crippen LogP contribution in [0.15, 0.2) is 39.4 Å². The second-order valence-corrected chi connectivity index (χ2v) is 5.34. The molecule has 0 amide bonds. The fourth-order valence-electron chi connectivity index (χ4n) is 1.93. The molecule has 0 aliphatic carbocycles. The van der Waals surface area contributed by atoms with Gasteiger partial charge in [0.25, 0.3) is 0 Å². The number of nitrogens with two attached hydrogens (primary N) is 1. The third kappa shape index (κ3) is 2.94. The SMILES string of the molecule is Cc1occc1CN(C)Cc1c(N)cccc1Br. The van der Waals surface area contributed by atoms with Crippen LogP contribution in [0.25, 0.3) is 0 Å². The van der Waals surface area contributed by atoms with Gasteiger partial charge in [0.1, 0.15) is 5.76 Å². The zero-order chi connectivity index (χ0) is 13.1. The number of benzene rings is 1. The van der Waals surface area contributed by atoms with Crippen LogP contribution >= 0.6 is 15.9 Å². The number of nitrogens with zero attached hydrogens (tertiary/aromatic N) is 1. The van der Waals surface area contributed by atoms with E-state index in [1.165, 1.54) is 5.56 Å². The lowest BCUT2D eigenvalue weighted by molar-refractivity contribution is 0.316. The van der Waals surface area contributed by atoms with Crippen LogP contribution in [0, 0.1) is 6.92 Å². The van der Waals surface area contributed by atoms with Gasteiger partial charge >= 0.3 is 0 Å². The van der Waals surface area contributed by atoms with Crippen molar-refractivity contribution in [3.05, 3.63) is 51.9 Å². The number of hydrogen-bond acceptors (Lipinski definition) is 3. The summed E-state index contributed by atoms with van der Waals surface area (Å²) in [5.74, 6) is 0.974. The summed E-state index contributed by atoms with van der Waals surface area (Å²) in [5.41, 5.74) is 9.15. The summed E-state index contributed by atoms with van der Waals surface area (Å²) < 4.78 is 6.36. The zero-order valence-electron chi connectivity index (χ0n) is 10.6. The van der Waals surface area contributed by atoms with Crippen LogP contribution in [0.1, 0.15) is 16.9 Å². The molecule has 0 aliphatic heterocycles. The fourth-order valence-corrected chi connectivity index (χ4v) is 2.44. The van der Waals surface area contributed by atoms with E-state index in [9.17, 15) is 0 Å². The molecule has 2 N–H and O–H groups in total. The molecular weight excluding hydrogens is 292 g/mol. The van der Waals surface area contributed by atoms with Gasteiger partial charge in [0.2, 0.25) is 0 Å². The van der Waals surface area contributed by atoms with E-state index in [-0.39, 0.29) is 0 Å². The summed E-state index contributed by atoms with van der Waals surface area (Å²) in [7, 11) is 2.07. The number of halogens is 1. The summed E-state index contributed by atoms with van der Waals surface area (Å²) in [4.78, 5) is 2.22. The van der Waals surface area contributed by atoms with Crippen LogP contribution in [0.3, 0.4) is 0 Å². The molecule has 1 aromatic carbocycles. The maximum absolute atomic E-state index is 6.00. The van der Waals surface area contributed by atoms with Crippen molar-refractivity contribution in [2.75, 3.05) is 12.8 Å². The van der Waals surface area contributed by atoms with Gasteiger partial charge in [-0.1, -0.05) is 22.0 Å². The minimum absolute atomic E-state index is 0.803. The molecule has 0 radical (unpaired) electrons. The lowest BCUT2D eigenvalue weighted by atomic mass is 10.1. The highest BCUT2D eigenvalue weighted by molar-refractivity contribution is 9.10. The maximum Gasteiger partial charge on any atom is 0.105 e. The fraction of sp³-hybridized carbons (Fsp3) is 0.286. The monoisotopic (exact) mass is 308 g/mol. The molecule has 2 aromatic rings. The Kier molecular flexibility index (Phi) is 4.09. The van der Waals surface area contributed by atoms with E-state index in [1.807, 2.05) is 31.2 Å². The van der Waals surface area contributed by atoms with E-state index in [2.05, 4.69) is 27.9 Å². The number of rotatable bonds is 4. The Morgan fingerprint density at radius 3 is 2.67 bits per heavy atom. The van der Waals surface area contributed by atoms with E-state index in [0.717, 1.165) is 34.6 Å². The number of nitrogen functional groups attached to an aromatic ring is 1. The van der Waals surface area contributed by atoms with E-state index < -0.39 is 0 Å². The Balaban J connectivity index is 2.08. The van der Waals surface area contributed by atoms with E-state index in [1.54, 1.807) is 6.26 Å². The molecule has 0 fully saturated rings. The molecule has 0 saturated heterocycles. The lowest BCUT2D eigenvalue weighted by Gasteiger charge is -2.18. The molecule has 0 bridgehead atoms. The first-order chi connectivity index (χ1) is 8.58. The smallest absolute Gasteiger partial charge is 0.105 e. The lowest BCUT2D eigenvalue weighted by Crippen LogP contribution is -2.18. The summed E-state index contributed by atoms with van der Waals surface area (Å²) in [6.07, 6.45) is 1.73. The minimum Gasteiger partial charge on any atom is -0.469 e. The largest absolute Gasteiger partial charge is 0.469 e. The van der Waals surface area contributed by atoms with Gasteiger partial charge in [-0.15, -0.1) is 0 Å². The second-order valence-electron chi connectivity index (χ2n) is 4.48.